The minimum absolute atomic E-state index is 0. The van der Waals surface area contributed by atoms with Crippen LogP contribution in [0.25, 0.3) is 0 Å². The lowest BCUT2D eigenvalue weighted by atomic mass is 9.68. The van der Waals surface area contributed by atoms with Gasteiger partial charge in [0.1, 0.15) is 0 Å². The van der Waals surface area contributed by atoms with Crippen molar-refractivity contribution in [1.29, 1.82) is 0 Å². The maximum Gasteiger partial charge on any atom is 0.245 e. The summed E-state index contributed by atoms with van der Waals surface area (Å²) in [4.78, 5) is 2.28. The molecule has 1 saturated carbocycles. The van der Waals surface area contributed by atoms with Crippen molar-refractivity contribution >= 4 is 0 Å². The van der Waals surface area contributed by atoms with Gasteiger partial charge in [0.15, 0.2) is 0 Å². The smallest absolute Gasteiger partial charge is 0.245 e. The number of hydrogen-bond acceptors (Lipinski definition) is 2. The van der Waals surface area contributed by atoms with Gasteiger partial charge >= 0.3 is 0 Å². The molecule has 2 unspecified atom stereocenters. The topological polar surface area (TPSA) is 15.3 Å². The zero-order valence-corrected chi connectivity index (χ0v) is 9.59. The number of nitrogens with zero attached hydrogens (tertiary/aromatic N) is 1. The fourth-order valence-corrected chi connectivity index (χ4v) is 3.54. The lowest BCUT2D eigenvalue weighted by molar-refractivity contribution is -0.0831. The Morgan fingerprint density at radius 3 is 2.18 bits per heavy atom. The van der Waals surface area contributed by atoms with Gasteiger partial charge in [-0.05, 0) is 25.7 Å². The highest BCUT2D eigenvalue weighted by atomic mass is 19.3. The van der Waals surface area contributed by atoms with E-state index in [1.165, 1.54) is 12.8 Å². The van der Waals surface area contributed by atoms with Crippen molar-refractivity contribution < 1.29 is 8.78 Å². The summed E-state index contributed by atoms with van der Waals surface area (Å²) in [7, 11) is 0. The Labute approximate surface area is 103 Å². The van der Waals surface area contributed by atoms with Crippen LogP contribution in [-0.2, 0) is 0 Å². The molecule has 3 rings (SSSR count). The predicted molar refractivity (Wildman–Crippen MR) is 65.4 cm³/mol. The van der Waals surface area contributed by atoms with Crippen LogP contribution in [0.1, 0.15) is 39.5 Å². The van der Waals surface area contributed by atoms with Crippen LogP contribution in [0.2, 0.25) is 0 Å². The summed E-state index contributed by atoms with van der Waals surface area (Å²) in [6.07, 6.45) is 2.76. The molecule has 2 aliphatic heterocycles. The standard InChI is InChI=1S/C12H20F2N2.CH4/c13-11(14)12(4-1-5-12)8-16-6-9-2-3-10(7-16)15-9;/h9-11,15H,1-8H2;1H4. The van der Waals surface area contributed by atoms with Crippen LogP contribution in [0.3, 0.4) is 0 Å². The number of nitrogens with one attached hydrogen (secondary N) is 1. The average molecular weight is 246 g/mol. The molecular formula is C13H24F2N2. The van der Waals surface area contributed by atoms with Crippen LogP contribution in [0.15, 0.2) is 0 Å². The molecule has 2 nitrogen and oxygen atoms in total. The first-order valence-corrected chi connectivity index (χ1v) is 6.44. The molecule has 0 amide bonds. The number of piperazine rings is 1. The van der Waals surface area contributed by atoms with Gasteiger partial charge in [-0.15, -0.1) is 0 Å². The van der Waals surface area contributed by atoms with Crippen molar-refractivity contribution in [2.24, 2.45) is 5.41 Å². The highest BCUT2D eigenvalue weighted by Crippen LogP contribution is 2.46. The Kier molecular flexibility index (Phi) is 3.74. The van der Waals surface area contributed by atoms with E-state index in [-0.39, 0.29) is 7.43 Å². The monoisotopic (exact) mass is 246 g/mol. The third-order valence-electron chi connectivity index (χ3n) is 4.64. The van der Waals surface area contributed by atoms with Crippen LogP contribution in [0.5, 0.6) is 0 Å². The second-order valence-electron chi connectivity index (χ2n) is 5.85. The molecule has 17 heavy (non-hydrogen) atoms. The number of rotatable bonds is 3. The first-order chi connectivity index (χ1) is 7.68. The highest BCUT2D eigenvalue weighted by molar-refractivity contribution is 4.98. The predicted octanol–water partition coefficient (Wildman–Crippen LogP) is 2.49. The van der Waals surface area contributed by atoms with Crippen LogP contribution in [-0.4, -0.2) is 43.0 Å². The van der Waals surface area contributed by atoms with Gasteiger partial charge < -0.3 is 5.32 Å². The Morgan fingerprint density at radius 1 is 1.18 bits per heavy atom. The molecule has 2 bridgehead atoms. The molecular weight excluding hydrogens is 222 g/mol. The molecule has 1 aliphatic carbocycles. The lowest BCUT2D eigenvalue weighted by Gasteiger charge is -2.46. The van der Waals surface area contributed by atoms with E-state index in [0.29, 0.717) is 18.6 Å². The van der Waals surface area contributed by atoms with Gasteiger partial charge in [-0.25, -0.2) is 8.78 Å². The van der Waals surface area contributed by atoms with Gasteiger partial charge in [0, 0.05) is 37.1 Å². The van der Waals surface area contributed by atoms with Crippen molar-refractivity contribution in [3.8, 4) is 0 Å². The molecule has 0 spiro atoms. The Morgan fingerprint density at radius 2 is 1.76 bits per heavy atom. The second kappa shape index (κ2) is 4.81. The Balaban J connectivity index is 0.00000108. The molecule has 3 aliphatic rings. The highest BCUT2D eigenvalue weighted by Gasteiger charge is 2.47. The van der Waals surface area contributed by atoms with E-state index in [0.717, 1.165) is 32.4 Å². The normalized spacial score (nSPS) is 35.5. The second-order valence-corrected chi connectivity index (χ2v) is 5.85. The Bertz CT molecular complexity index is 254. The van der Waals surface area contributed by atoms with E-state index in [1.807, 2.05) is 0 Å². The molecule has 4 heteroatoms. The molecule has 2 heterocycles. The maximum absolute atomic E-state index is 13.1. The van der Waals surface area contributed by atoms with Gasteiger partial charge in [-0.2, -0.15) is 0 Å². The summed E-state index contributed by atoms with van der Waals surface area (Å²) < 4.78 is 26.1. The number of halogens is 2. The zero-order chi connectivity index (χ0) is 11.2. The molecule has 100 valence electrons. The first-order valence-electron chi connectivity index (χ1n) is 6.44. The van der Waals surface area contributed by atoms with E-state index in [4.69, 9.17) is 0 Å². The van der Waals surface area contributed by atoms with E-state index in [9.17, 15) is 8.78 Å². The molecule has 0 aromatic heterocycles. The van der Waals surface area contributed by atoms with E-state index in [2.05, 4.69) is 10.2 Å². The fraction of sp³-hybridized carbons (Fsp3) is 1.00. The summed E-state index contributed by atoms with van der Waals surface area (Å²) in [5, 5.41) is 3.54. The third-order valence-corrected chi connectivity index (χ3v) is 4.64. The Hall–Kier alpha value is -0.220. The van der Waals surface area contributed by atoms with E-state index in [1.54, 1.807) is 0 Å². The largest absolute Gasteiger partial charge is 0.309 e. The van der Waals surface area contributed by atoms with Gasteiger partial charge in [-0.3, -0.25) is 4.90 Å². The molecule has 1 N–H and O–H groups in total. The van der Waals surface area contributed by atoms with Crippen molar-refractivity contribution in [2.75, 3.05) is 19.6 Å². The summed E-state index contributed by atoms with van der Waals surface area (Å²) in [5.74, 6) is 0. The van der Waals surface area contributed by atoms with Crippen molar-refractivity contribution in [3.63, 3.8) is 0 Å². The van der Waals surface area contributed by atoms with E-state index < -0.39 is 11.8 Å². The van der Waals surface area contributed by atoms with Crippen LogP contribution >= 0.6 is 0 Å². The van der Waals surface area contributed by atoms with Crippen LogP contribution in [0.4, 0.5) is 8.78 Å². The lowest BCUT2D eigenvalue weighted by Crippen LogP contribution is -2.56. The van der Waals surface area contributed by atoms with Crippen molar-refractivity contribution in [1.82, 2.24) is 10.2 Å². The number of hydrogen-bond donors (Lipinski definition) is 1. The summed E-state index contributed by atoms with van der Waals surface area (Å²) in [5.41, 5.74) is -0.656. The zero-order valence-electron chi connectivity index (χ0n) is 9.59. The van der Waals surface area contributed by atoms with Gasteiger partial charge in [-0.1, -0.05) is 13.8 Å². The molecule has 0 radical (unpaired) electrons. The van der Waals surface area contributed by atoms with Gasteiger partial charge in [0.2, 0.25) is 6.43 Å². The van der Waals surface area contributed by atoms with E-state index >= 15 is 0 Å². The molecule has 0 aromatic rings. The minimum Gasteiger partial charge on any atom is -0.309 e. The van der Waals surface area contributed by atoms with Crippen LogP contribution in [0, 0.1) is 5.41 Å². The van der Waals surface area contributed by atoms with Crippen molar-refractivity contribution in [2.45, 2.75) is 58.0 Å². The maximum atomic E-state index is 13.1. The molecule has 2 saturated heterocycles. The summed E-state index contributed by atoms with van der Waals surface area (Å²) in [6, 6.07) is 1.13. The van der Waals surface area contributed by atoms with Crippen LogP contribution < -0.4 is 5.32 Å². The summed E-state index contributed by atoms with van der Waals surface area (Å²) >= 11 is 0. The quantitative estimate of drug-likeness (QED) is 0.823. The third kappa shape index (κ3) is 2.34. The average Bonchev–Trinajstić information content (AvgIpc) is 2.51. The van der Waals surface area contributed by atoms with Gasteiger partial charge in [0.05, 0.1) is 0 Å². The van der Waals surface area contributed by atoms with Gasteiger partial charge in [0.25, 0.3) is 0 Å². The number of fused-ring (bicyclic) bond motifs is 2. The fourth-order valence-electron chi connectivity index (χ4n) is 3.54. The molecule has 2 atom stereocenters. The number of alkyl halides is 2. The van der Waals surface area contributed by atoms with Crippen molar-refractivity contribution in [3.05, 3.63) is 0 Å². The minimum atomic E-state index is -2.13. The number of likely N-dealkylation sites (tertiary alicyclic amines) is 1. The molecule has 0 aromatic carbocycles. The summed E-state index contributed by atoms with van der Waals surface area (Å²) in [6.45, 7) is 2.58. The molecule has 3 fully saturated rings. The SMILES string of the molecule is C.FC(F)C1(CN2CC3CCC(C2)N3)CCC1. The first kappa shape index (κ1) is 13.2.